The van der Waals surface area contributed by atoms with Crippen molar-refractivity contribution in [2.45, 2.75) is 38.1 Å². The van der Waals surface area contributed by atoms with E-state index in [9.17, 15) is 9.18 Å². The fourth-order valence-electron chi connectivity index (χ4n) is 4.02. The third-order valence-electron chi connectivity index (χ3n) is 5.66. The first kappa shape index (κ1) is 19.2. The molecule has 4 rings (SSSR count). The minimum absolute atomic E-state index is 0.0104. The van der Waals surface area contributed by atoms with Crippen LogP contribution in [0, 0.1) is 12.7 Å². The highest BCUT2D eigenvalue weighted by molar-refractivity contribution is 5.81. The number of aryl methyl sites for hydroxylation is 1. The zero-order valence-electron chi connectivity index (χ0n) is 16.4. The molecule has 1 saturated heterocycles. The Hall–Kier alpha value is -3.09. The Bertz CT molecular complexity index is 949. The Balaban J connectivity index is 1.50. The van der Waals surface area contributed by atoms with Gasteiger partial charge in [-0.25, -0.2) is 9.07 Å². The summed E-state index contributed by atoms with van der Waals surface area (Å²) in [5.41, 5.74) is 2.21. The van der Waals surface area contributed by atoms with E-state index in [2.05, 4.69) is 39.8 Å². The molecule has 3 aromatic rings. The number of hydrogen-bond donors (Lipinski definition) is 0. The number of piperidine rings is 1. The zero-order valence-corrected chi connectivity index (χ0v) is 16.4. The molecular formula is C22H24FN5O. The monoisotopic (exact) mass is 393 g/mol. The highest BCUT2D eigenvalue weighted by Gasteiger charge is 2.31. The molecule has 29 heavy (non-hydrogen) atoms. The number of benzene rings is 2. The lowest BCUT2D eigenvalue weighted by Crippen LogP contribution is -2.43. The maximum atomic E-state index is 13.4. The Morgan fingerprint density at radius 1 is 1.10 bits per heavy atom. The second-order valence-corrected chi connectivity index (χ2v) is 7.53. The molecule has 0 N–H and O–H groups in total. The first-order chi connectivity index (χ1) is 14.1. The summed E-state index contributed by atoms with van der Waals surface area (Å²) in [6, 6.07) is 16.2. The van der Waals surface area contributed by atoms with E-state index in [1.807, 2.05) is 11.0 Å². The van der Waals surface area contributed by atoms with Crippen molar-refractivity contribution in [2.24, 2.45) is 0 Å². The number of hydrogen-bond acceptors (Lipinski definition) is 4. The average Bonchev–Trinajstić information content (AvgIpc) is 3.19. The molecule has 0 saturated carbocycles. The van der Waals surface area contributed by atoms with E-state index < -0.39 is 6.04 Å². The molecule has 1 aromatic heterocycles. The van der Waals surface area contributed by atoms with Crippen LogP contribution < -0.4 is 0 Å². The van der Waals surface area contributed by atoms with E-state index in [1.165, 1.54) is 17.7 Å². The fourth-order valence-corrected chi connectivity index (χ4v) is 4.02. The van der Waals surface area contributed by atoms with E-state index >= 15 is 0 Å². The van der Waals surface area contributed by atoms with Crippen molar-refractivity contribution in [1.82, 2.24) is 25.1 Å². The Morgan fingerprint density at radius 2 is 1.79 bits per heavy atom. The van der Waals surface area contributed by atoms with Crippen LogP contribution in [0.15, 0.2) is 54.6 Å². The summed E-state index contributed by atoms with van der Waals surface area (Å²) in [6.07, 6.45) is 2.30. The van der Waals surface area contributed by atoms with Crippen LogP contribution in [0.2, 0.25) is 0 Å². The number of carbonyl (C=O) groups excluding carboxylic acids is 1. The van der Waals surface area contributed by atoms with Crippen molar-refractivity contribution >= 4 is 5.91 Å². The number of tetrazole rings is 1. The molecule has 150 valence electrons. The van der Waals surface area contributed by atoms with Gasteiger partial charge < -0.3 is 4.90 Å². The number of amides is 1. The lowest BCUT2D eigenvalue weighted by atomic mass is 9.89. The summed E-state index contributed by atoms with van der Waals surface area (Å²) in [5, 5.41) is 11.7. The van der Waals surface area contributed by atoms with Crippen LogP contribution in [-0.2, 0) is 11.2 Å². The average molecular weight is 393 g/mol. The summed E-state index contributed by atoms with van der Waals surface area (Å²) < 4.78 is 14.9. The summed E-state index contributed by atoms with van der Waals surface area (Å²) >= 11 is 0. The van der Waals surface area contributed by atoms with Crippen molar-refractivity contribution in [1.29, 1.82) is 0 Å². The van der Waals surface area contributed by atoms with Gasteiger partial charge >= 0.3 is 0 Å². The molecule has 6 nitrogen and oxygen atoms in total. The molecule has 2 aromatic carbocycles. The quantitative estimate of drug-likeness (QED) is 0.667. The van der Waals surface area contributed by atoms with E-state index in [4.69, 9.17) is 0 Å². The molecule has 0 radical (unpaired) electrons. The maximum Gasteiger partial charge on any atom is 0.247 e. The predicted octanol–water partition coefficient (Wildman–Crippen LogP) is 3.31. The van der Waals surface area contributed by atoms with Gasteiger partial charge in [-0.05, 0) is 59.4 Å². The summed E-state index contributed by atoms with van der Waals surface area (Å²) in [5.74, 6) is 0.782. The molecule has 1 aliphatic heterocycles. The topological polar surface area (TPSA) is 63.9 Å². The normalized spacial score (nSPS) is 16.0. The molecule has 1 unspecified atom stereocenters. The standard InChI is InChI=1S/C22H24FN5O/c1-16-24-25-26-28(16)21(15-17-7-9-20(23)10-8-17)22(29)27-13-11-19(12-14-27)18-5-3-2-4-6-18/h2-10,19,21H,11-15H2,1H3. The maximum absolute atomic E-state index is 13.4. The van der Waals surface area contributed by atoms with Crippen molar-refractivity contribution in [2.75, 3.05) is 13.1 Å². The molecular weight excluding hydrogens is 369 g/mol. The van der Waals surface area contributed by atoms with Crippen LogP contribution in [0.1, 0.15) is 41.8 Å². The van der Waals surface area contributed by atoms with Gasteiger partial charge in [-0.1, -0.05) is 42.5 Å². The molecule has 0 aliphatic carbocycles. The van der Waals surface area contributed by atoms with Gasteiger partial charge in [-0.15, -0.1) is 5.10 Å². The fraction of sp³-hybridized carbons (Fsp3) is 0.364. The lowest BCUT2D eigenvalue weighted by Gasteiger charge is -2.34. The van der Waals surface area contributed by atoms with E-state index in [0.29, 0.717) is 31.3 Å². The lowest BCUT2D eigenvalue weighted by molar-refractivity contribution is -0.136. The molecule has 7 heteroatoms. The molecule has 2 heterocycles. The number of halogens is 1. The highest BCUT2D eigenvalue weighted by atomic mass is 19.1. The molecule has 1 atom stereocenters. The SMILES string of the molecule is Cc1nnnn1C(Cc1ccc(F)cc1)C(=O)N1CCC(c2ccccc2)CC1. The highest BCUT2D eigenvalue weighted by Crippen LogP contribution is 2.29. The van der Waals surface area contributed by atoms with Crippen LogP contribution in [0.25, 0.3) is 0 Å². The van der Waals surface area contributed by atoms with E-state index in [1.54, 1.807) is 23.7 Å². The predicted molar refractivity (Wildman–Crippen MR) is 107 cm³/mol. The minimum atomic E-state index is -0.538. The molecule has 0 spiro atoms. The minimum Gasteiger partial charge on any atom is -0.341 e. The number of likely N-dealkylation sites (tertiary alicyclic amines) is 1. The first-order valence-electron chi connectivity index (χ1n) is 9.94. The second kappa shape index (κ2) is 8.51. The van der Waals surface area contributed by atoms with Crippen LogP contribution >= 0.6 is 0 Å². The molecule has 1 amide bonds. The smallest absolute Gasteiger partial charge is 0.247 e. The van der Waals surface area contributed by atoms with Gasteiger partial charge in [0.1, 0.15) is 17.7 Å². The van der Waals surface area contributed by atoms with E-state index in [-0.39, 0.29) is 11.7 Å². The number of aromatic nitrogens is 4. The summed E-state index contributed by atoms with van der Waals surface area (Å²) in [6.45, 7) is 3.20. The molecule has 0 bridgehead atoms. The van der Waals surface area contributed by atoms with Crippen LogP contribution in [0.4, 0.5) is 4.39 Å². The van der Waals surface area contributed by atoms with Gasteiger partial charge in [-0.3, -0.25) is 4.79 Å². The number of carbonyl (C=O) groups is 1. The Morgan fingerprint density at radius 3 is 2.41 bits per heavy atom. The number of nitrogens with zero attached hydrogens (tertiary/aromatic N) is 5. The van der Waals surface area contributed by atoms with Crippen molar-refractivity contribution in [3.8, 4) is 0 Å². The summed E-state index contributed by atoms with van der Waals surface area (Å²) in [4.78, 5) is 15.3. The molecule has 1 fully saturated rings. The van der Waals surface area contributed by atoms with Crippen LogP contribution in [0.5, 0.6) is 0 Å². The third kappa shape index (κ3) is 4.34. The van der Waals surface area contributed by atoms with Gasteiger partial charge in [-0.2, -0.15) is 0 Å². The van der Waals surface area contributed by atoms with Crippen LogP contribution in [-0.4, -0.2) is 44.1 Å². The van der Waals surface area contributed by atoms with Crippen molar-refractivity contribution in [3.05, 3.63) is 77.4 Å². The Labute approximate surface area is 169 Å². The van der Waals surface area contributed by atoms with Gasteiger partial charge in [0, 0.05) is 19.5 Å². The largest absolute Gasteiger partial charge is 0.341 e. The second-order valence-electron chi connectivity index (χ2n) is 7.53. The van der Waals surface area contributed by atoms with Gasteiger partial charge in [0.15, 0.2) is 0 Å². The first-order valence-corrected chi connectivity index (χ1v) is 9.94. The molecule has 1 aliphatic rings. The van der Waals surface area contributed by atoms with Gasteiger partial charge in [0.2, 0.25) is 5.91 Å². The van der Waals surface area contributed by atoms with E-state index in [0.717, 1.165) is 18.4 Å². The van der Waals surface area contributed by atoms with Gasteiger partial charge in [0.25, 0.3) is 0 Å². The third-order valence-corrected chi connectivity index (χ3v) is 5.66. The van der Waals surface area contributed by atoms with Crippen molar-refractivity contribution < 1.29 is 9.18 Å². The van der Waals surface area contributed by atoms with Crippen molar-refractivity contribution in [3.63, 3.8) is 0 Å². The Kier molecular flexibility index (Phi) is 5.64. The summed E-state index contributed by atoms with van der Waals surface area (Å²) in [7, 11) is 0. The van der Waals surface area contributed by atoms with Crippen LogP contribution in [0.3, 0.4) is 0 Å². The van der Waals surface area contributed by atoms with Gasteiger partial charge in [0.05, 0.1) is 0 Å². The number of rotatable bonds is 5. The zero-order chi connectivity index (χ0) is 20.2.